The molecule has 3 rings (SSSR count). The first-order chi connectivity index (χ1) is 15.0. The van der Waals surface area contributed by atoms with Gasteiger partial charge in [0.05, 0.1) is 30.1 Å². The Morgan fingerprint density at radius 2 is 1.90 bits per heavy atom. The fourth-order valence-corrected chi connectivity index (χ4v) is 3.20. The number of nitrogens with one attached hydrogen (secondary N) is 2. The molecule has 0 aromatic heterocycles. The third-order valence-electron chi connectivity index (χ3n) is 4.54. The van der Waals surface area contributed by atoms with E-state index in [4.69, 9.17) is 16.9 Å². The molecule has 0 spiro atoms. The van der Waals surface area contributed by atoms with Crippen molar-refractivity contribution >= 4 is 40.4 Å². The zero-order valence-electron chi connectivity index (χ0n) is 16.4. The van der Waals surface area contributed by atoms with Gasteiger partial charge in [0.15, 0.2) is 0 Å². The van der Waals surface area contributed by atoms with Gasteiger partial charge in [0.2, 0.25) is 5.91 Å². The molecule has 0 aliphatic carbocycles. The molecule has 3 N–H and O–H groups in total. The highest BCUT2D eigenvalue weighted by atomic mass is 35.5. The maximum atomic E-state index is 12.2. The van der Waals surface area contributed by atoms with Crippen LogP contribution >= 0.6 is 11.6 Å². The van der Waals surface area contributed by atoms with E-state index in [1.165, 1.54) is 24.4 Å². The van der Waals surface area contributed by atoms with Crippen LogP contribution in [0, 0.1) is 11.3 Å². The normalized spacial score (nSPS) is 10.7. The molecule has 0 bridgehead atoms. The van der Waals surface area contributed by atoms with Gasteiger partial charge in [0.1, 0.15) is 5.75 Å². The number of aromatic hydroxyl groups is 1. The molecular weight excluding hydrogens is 416 g/mol. The van der Waals surface area contributed by atoms with Gasteiger partial charge >= 0.3 is 0 Å². The summed E-state index contributed by atoms with van der Waals surface area (Å²) in [5, 5.41) is 26.6. The van der Waals surface area contributed by atoms with Gasteiger partial charge in [-0.25, -0.2) is 5.43 Å². The number of hydrazone groups is 1. The van der Waals surface area contributed by atoms with E-state index in [2.05, 4.69) is 15.8 Å². The second-order valence-corrected chi connectivity index (χ2v) is 7.07. The van der Waals surface area contributed by atoms with Crippen molar-refractivity contribution in [1.29, 1.82) is 5.26 Å². The Hall–Kier alpha value is -3.89. The molecule has 156 valence electrons. The quantitative estimate of drug-likeness (QED) is 0.299. The number of fused-ring (bicyclic) bond motifs is 1. The van der Waals surface area contributed by atoms with Crippen LogP contribution in [0.3, 0.4) is 0 Å². The number of phenolic OH excluding ortho intramolecular Hbond substituents is 1. The largest absolute Gasteiger partial charge is 0.506 e. The lowest BCUT2D eigenvalue weighted by molar-refractivity contribution is -0.120. The van der Waals surface area contributed by atoms with Gasteiger partial charge in [-0.3, -0.25) is 9.59 Å². The Bertz CT molecular complexity index is 1200. The summed E-state index contributed by atoms with van der Waals surface area (Å²) in [5.41, 5.74) is 4.32. The summed E-state index contributed by atoms with van der Waals surface area (Å²) in [4.78, 5) is 24.3. The minimum absolute atomic E-state index is 0.0786. The van der Waals surface area contributed by atoms with E-state index in [0.29, 0.717) is 6.54 Å². The minimum atomic E-state index is -0.465. The highest BCUT2D eigenvalue weighted by Crippen LogP contribution is 2.24. The fraction of sp³-hybridized carbons (Fsp3) is 0.130. The van der Waals surface area contributed by atoms with Crippen molar-refractivity contribution in [1.82, 2.24) is 10.7 Å². The summed E-state index contributed by atoms with van der Waals surface area (Å²) >= 11 is 5.83. The summed E-state index contributed by atoms with van der Waals surface area (Å²) in [7, 11) is 0. The number of amides is 2. The molecule has 3 aromatic rings. The van der Waals surface area contributed by atoms with E-state index < -0.39 is 5.91 Å². The number of carbonyl (C=O) groups is 2. The van der Waals surface area contributed by atoms with Gasteiger partial charge in [0.25, 0.3) is 5.91 Å². The van der Waals surface area contributed by atoms with E-state index in [0.717, 1.165) is 21.9 Å². The zero-order chi connectivity index (χ0) is 22.2. The Morgan fingerprint density at radius 3 is 2.65 bits per heavy atom. The zero-order valence-corrected chi connectivity index (χ0v) is 17.2. The predicted molar refractivity (Wildman–Crippen MR) is 119 cm³/mol. The van der Waals surface area contributed by atoms with Gasteiger partial charge in [-0.2, -0.15) is 10.4 Å². The molecular formula is C23H19ClN4O3. The van der Waals surface area contributed by atoms with Crippen LogP contribution < -0.4 is 10.7 Å². The van der Waals surface area contributed by atoms with E-state index in [1.54, 1.807) is 0 Å². The summed E-state index contributed by atoms with van der Waals surface area (Å²) < 4.78 is 0. The van der Waals surface area contributed by atoms with Crippen LogP contribution in [-0.4, -0.2) is 29.7 Å². The lowest BCUT2D eigenvalue weighted by Gasteiger charge is -2.09. The van der Waals surface area contributed by atoms with Gasteiger partial charge in [-0.1, -0.05) is 48.0 Å². The van der Waals surface area contributed by atoms with Gasteiger partial charge in [-0.05, 0) is 34.5 Å². The first kappa shape index (κ1) is 21.8. The average molecular weight is 435 g/mol. The number of rotatable bonds is 7. The molecule has 2 amide bonds. The molecule has 8 heteroatoms. The fourth-order valence-electron chi connectivity index (χ4n) is 3.02. The lowest BCUT2D eigenvalue weighted by atomic mass is 9.98. The summed E-state index contributed by atoms with van der Waals surface area (Å²) in [5.74, 6) is -0.721. The molecule has 7 nitrogen and oxygen atoms in total. The molecule has 0 aliphatic heterocycles. The van der Waals surface area contributed by atoms with Crippen LogP contribution in [0.2, 0.25) is 5.02 Å². The topological polar surface area (TPSA) is 115 Å². The van der Waals surface area contributed by atoms with Crippen molar-refractivity contribution in [3.8, 4) is 11.8 Å². The van der Waals surface area contributed by atoms with Crippen molar-refractivity contribution < 1.29 is 14.7 Å². The van der Waals surface area contributed by atoms with Crippen LogP contribution in [0.25, 0.3) is 10.8 Å². The van der Waals surface area contributed by atoms with Crippen molar-refractivity contribution in [3.63, 3.8) is 0 Å². The SMILES string of the molecule is N#CCCNC(=O)Cc1ccc(C=NNC(=O)c2ccc(O)c(Cl)c2)c2ccccc12. The number of carbonyl (C=O) groups excluding carboxylic acids is 2. The maximum Gasteiger partial charge on any atom is 0.271 e. The Morgan fingerprint density at radius 1 is 1.13 bits per heavy atom. The maximum absolute atomic E-state index is 12.2. The number of halogens is 1. The van der Waals surface area contributed by atoms with Crippen molar-refractivity contribution in [2.75, 3.05) is 6.54 Å². The molecule has 0 saturated heterocycles. The van der Waals surface area contributed by atoms with E-state index in [1.807, 2.05) is 42.5 Å². The third kappa shape index (κ3) is 5.59. The predicted octanol–water partition coefficient (Wildman–Crippen LogP) is 3.54. The van der Waals surface area contributed by atoms with Crippen LogP contribution in [0.4, 0.5) is 0 Å². The Kier molecular flexibility index (Phi) is 7.20. The summed E-state index contributed by atoms with van der Waals surface area (Å²) in [6.07, 6.45) is 1.99. The summed E-state index contributed by atoms with van der Waals surface area (Å²) in [6, 6.07) is 17.4. The second-order valence-electron chi connectivity index (χ2n) is 6.66. The van der Waals surface area contributed by atoms with Crippen molar-refractivity contribution in [2.24, 2.45) is 5.10 Å². The molecule has 31 heavy (non-hydrogen) atoms. The number of hydrogen-bond donors (Lipinski definition) is 3. The minimum Gasteiger partial charge on any atom is -0.506 e. The molecule has 0 radical (unpaired) electrons. The molecule has 0 aliphatic rings. The van der Waals surface area contributed by atoms with Crippen LogP contribution in [0.15, 0.2) is 59.7 Å². The smallest absolute Gasteiger partial charge is 0.271 e. The van der Waals surface area contributed by atoms with Gasteiger partial charge < -0.3 is 10.4 Å². The molecule has 3 aromatic carbocycles. The van der Waals surface area contributed by atoms with E-state index in [-0.39, 0.29) is 35.1 Å². The summed E-state index contributed by atoms with van der Waals surface area (Å²) in [6.45, 7) is 0.323. The highest BCUT2D eigenvalue weighted by Gasteiger charge is 2.10. The molecule has 0 heterocycles. The van der Waals surface area contributed by atoms with Gasteiger partial charge in [0, 0.05) is 17.7 Å². The van der Waals surface area contributed by atoms with Crippen LogP contribution in [-0.2, 0) is 11.2 Å². The van der Waals surface area contributed by atoms with Crippen molar-refractivity contribution in [2.45, 2.75) is 12.8 Å². The molecule has 0 fully saturated rings. The Labute approximate surface area is 184 Å². The monoisotopic (exact) mass is 434 g/mol. The third-order valence-corrected chi connectivity index (χ3v) is 4.84. The van der Waals surface area contributed by atoms with Crippen LogP contribution in [0.1, 0.15) is 27.9 Å². The van der Waals surface area contributed by atoms with Gasteiger partial charge in [-0.15, -0.1) is 0 Å². The van der Waals surface area contributed by atoms with E-state index in [9.17, 15) is 14.7 Å². The van der Waals surface area contributed by atoms with Crippen molar-refractivity contribution in [3.05, 3.63) is 76.3 Å². The molecule has 0 atom stereocenters. The number of nitrogens with zero attached hydrogens (tertiary/aromatic N) is 2. The number of hydrogen-bond acceptors (Lipinski definition) is 5. The Balaban J connectivity index is 1.75. The van der Waals surface area contributed by atoms with Crippen LogP contribution in [0.5, 0.6) is 5.75 Å². The first-order valence-corrected chi connectivity index (χ1v) is 9.83. The number of benzene rings is 3. The lowest BCUT2D eigenvalue weighted by Crippen LogP contribution is -2.25. The highest BCUT2D eigenvalue weighted by molar-refractivity contribution is 6.32. The average Bonchev–Trinajstić information content (AvgIpc) is 2.77. The first-order valence-electron chi connectivity index (χ1n) is 9.46. The standard InChI is InChI=1S/C23H19ClN4O3/c24-20-12-16(8-9-21(20)29)23(31)28-27-14-17-7-6-15(13-22(30)26-11-3-10-25)18-4-1-2-5-19(17)18/h1-2,4-9,12,14,29H,3,11,13H2,(H,26,30)(H,28,31). The van der Waals surface area contributed by atoms with E-state index >= 15 is 0 Å². The molecule has 0 saturated carbocycles. The number of phenols is 1. The molecule has 0 unspecified atom stereocenters. The number of nitriles is 1. The second kappa shape index (κ2) is 10.2.